The number of ketones is 1. The molecule has 96 valence electrons. The third-order valence-corrected chi connectivity index (χ3v) is 2.90. The molecular weight excluding hydrogens is 261 g/mol. The lowest BCUT2D eigenvalue weighted by Crippen LogP contribution is -2.21. The molecule has 6 heteroatoms. The summed E-state index contributed by atoms with van der Waals surface area (Å²) in [7, 11) is 3.94. The van der Waals surface area contributed by atoms with Gasteiger partial charge in [-0.05, 0) is 20.5 Å². The maximum absolute atomic E-state index is 11.9. The van der Waals surface area contributed by atoms with Gasteiger partial charge < -0.3 is 4.90 Å². The summed E-state index contributed by atoms with van der Waals surface area (Å²) in [5, 5.41) is 4.54. The molecule has 0 aliphatic heterocycles. The number of carbonyl (C=O) groups is 1. The molecule has 0 unspecified atom stereocenters. The number of alkyl halides is 1. The number of aromatic nitrogens is 2. The minimum absolute atomic E-state index is 0.00639. The van der Waals surface area contributed by atoms with Crippen LogP contribution in [-0.2, 0) is 6.54 Å². The van der Waals surface area contributed by atoms with E-state index in [4.69, 9.17) is 23.2 Å². The highest BCUT2D eigenvalue weighted by atomic mass is 35.5. The van der Waals surface area contributed by atoms with Crippen molar-refractivity contribution in [3.63, 3.8) is 0 Å². The molecule has 0 spiro atoms. The summed E-state index contributed by atoms with van der Waals surface area (Å²) >= 11 is 11.6. The first-order valence-electron chi connectivity index (χ1n) is 5.51. The van der Waals surface area contributed by atoms with Crippen molar-refractivity contribution in [2.45, 2.75) is 19.4 Å². The Kier molecular flexibility index (Phi) is 5.95. The molecule has 0 atom stereocenters. The van der Waals surface area contributed by atoms with Crippen LogP contribution >= 0.6 is 23.2 Å². The first-order valence-corrected chi connectivity index (χ1v) is 6.42. The molecule has 0 saturated heterocycles. The second kappa shape index (κ2) is 6.99. The van der Waals surface area contributed by atoms with Crippen molar-refractivity contribution >= 4 is 29.0 Å². The Morgan fingerprint density at radius 3 is 2.82 bits per heavy atom. The van der Waals surface area contributed by atoms with Gasteiger partial charge in [-0.2, -0.15) is 5.10 Å². The molecule has 1 rings (SSSR count). The van der Waals surface area contributed by atoms with Crippen LogP contribution in [0.1, 0.15) is 23.3 Å². The molecule has 0 amide bonds. The highest BCUT2D eigenvalue weighted by Crippen LogP contribution is 2.17. The smallest absolute Gasteiger partial charge is 0.182 e. The third kappa shape index (κ3) is 4.30. The Morgan fingerprint density at radius 2 is 2.24 bits per heavy atom. The van der Waals surface area contributed by atoms with Gasteiger partial charge in [0, 0.05) is 18.8 Å². The van der Waals surface area contributed by atoms with Crippen LogP contribution in [0.15, 0.2) is 6.20 Å². The monoisotopic (exact) mass is 277 g/mol. The van der Waals surface area contributed by atoms with Crippen molar-refractivity contribution in [3.8, 4) is 0 Å². The van der Waals surface area contributed by atoms with Crippen molar-refractivity contribution in [1.29, 1.82) is 0 Å². The van der Waals surface area contributed by atoms with Crippen LogP contribution in [0.5, 0.6) is 0 Å². The van der Waals surface area contributed by atoms with Crippen LogP contribution in [0.2, 0.25) is 5.02 Å². The first-order chi connectivity index (χ1) is 8.06. The molecule has 0 radical (unpaired) electrons. The van der Waals surface area contributed by atoms with Crippen LogP contribution < -0.4 is 0 Å². The maximum Gasteiger partial charge on any atom is 0.182 e. The lowest BCUT2D eigenvalue weighted by atomic mass is 10.2. The molecule has 0 aliphatic carbocycles. The fraction of sp³-hybridized carbons (Fsp3) is 0.636. The average Bonchev–Trinajstić information content (AvgIpc) is 2.64. The van der Waals surface area contributed by atoms with E-state index in [0.717, 1.165) is 6.54 Å². The van der Waals surface area contributed by atoms with Crippen molar-refractivity contribution in [2.24, 2.45) is 0 Å². The van der Waals surface area contributed by atoms with Crippen LogP contribution in [0.25, 0.3) is 0 Å². The van der Waals surface area contributed by atoms with E-state index < -0.39 is 0 Å². The highest BCUT2D eigenvalue weighted by Gasteiger charge is 2.16. The zero-order chi connectivity index (χ0) is 12.8. The molecule has 0 aliphatic rings. The molecular formula is C11H17Cl2N3O. The number of halogens is 2. The summed E-state index contributed by atoms with van der Waals surface area (Å²) in [4.78, 5) is 14.0. The fourth-order valence-corrected chi connectivity index (χ4v) is 1.83. The molecule has 1 heterocycles. The molecule has 0 aromatic carbocycles. The van der Waals surface area contributed by atoms with E-state index in [1.54, 1.807) is 4.68 Å². The van der Waals surface area contributed by atoms with E-state index in [9.17, 15) is 4.79 Å². The molecule has 0 saturated carbocycles. The summed E-state index contributed by atoms with van der Waals surface area (Å²) in [6, 6.07) is 0. The van der Waals surface area contributed by atoms with Gasteiger partial charge in [-0.25, -0.2) is 0 Å². The Morgan fingerprint density at radius 1 is 1.53 bits per heavy atom. The lowest BCUT2D eigenvalue weighted by molar-refractivity contribution is 0.0971. The number of nitrogens with zero attached hydrogens (tertiary/aromatic N) is 3. The van der Waals surface area contributed by atoms with Crippen LogP contribution in [0.3, 0.4) is 0 Å². The minimum Gasteiger partial charge on any atom is -0.308 e. The van der Waals surface area contributed by atoms with E-state index in [-0.39, 0.29) is 5.78 Å². The Hall–Kier alpha value is -0.580. The number of hydrogen-bond donors (Lipinski definition) is 0. The molecule has 17 heavy (non-hydrogen) atoms. The lowest BCUT2D eigenvalue weighted by Gasteiger charge is -2.11. The minimum atomic E-state index is 0.00639. The van der Waals surface area contributed by atoms with Crippen molar-refractivity contribution in [1.82, 2.24) is 14.7 Å². The van der Waals surface area contributed by atoms with Crippen LogP contribution in [0, 0.1) is 0 Å². The molecule has 0 fully saturated rings. The van der Waals surface area contributed by atoms with E-state index in [1.807, 2.05) is 19.0 Å². The molecule has 0 bridgehead atoms. The zero-order valence-corrected chi connectivity index (χ0v) is 11.6. The number of likely N-dealkylation sites (N-methyl/N-ethyl adjacent to an activating group) is 1. The predicted molar refractivity (Wildman–Crippen MR) is 70.1 cm³/mol. The molecule has 1 aromatic heterocycles. The van der Waals surface area contributed by atoms with E-state index >= 15 is 0 Å². The summed E-state index contributed by atoms with van der Waals surface area (Å²) in [5.41, 5.74) is 0.499. The average molecular weight is 278 g/mol. The van der Waals surface area contributed by atoms with Crippen LogP contribution in [0.4, 0.5) is 0 Å². The molecule has 4 nitrogen and oxygen atoms in total. The van der Waals surface area contributed by atoms with Crippen molar-refractivity contribution in [2.75, 3.05) is 26.5 Å². The SMILES string of the molecule is CN(C)CCn1ncc(Cl)c1C(=O)CCCCl. The summed E-state index contributed by atoms with van der Waals surface area (Å²) in [6.07, 6.45) is 2.59. The van der Waals surface area contributed by atoms with Gasteiger partial charge in [-0.15, -0.1) is 11.6 Å². The highest BCUT2D eigenvalue weighted by molar-refractivity contribution is 6.33. The largest absolute Gasteiger partial charge is 0.308 e. The van der Waals surface area contributed by atoms with Gasteiger partial charge in [0.25, 0.3) is 0 Å². The Balaban J connectivity index is 2.75. The topological polar surface area (TPSA) is 38.1 Å². The predicted octanol–water partition coefficient (Wildman–Crippen LogP) is 2.30. The van der Waals surface area contributed by atoms with Crippen molar-refractivity contribution in [3.05, 3.63) is 16.9 Å². The van der Waals surface area contributed by atoms with Gasteiger partial charge >= 0.3 is 0 Å². The van der Waals surface area contributed by atoms with Gasteiger partial charge in [-0.3, -0.25) is 9.48 Å². The van der Waals surface area contributed by atoms with Gasteiger partial charge in [0.2, 0.25) is 0 Å². The number of Topliss-reactive ketones (excluding diaryl/α,β-unsaturated/α-hetero) is 1. The molecule has 0 N–H and O–H groups in total. The van der Waals surface area contributed by atoms with Gasteiger partial charge in [0.05, 0.1) is 17.8 Å². The third-order valence-electron chi connectivity index (χ3n) is 2.36. The standard InChI is InChI=1S/C11H17Cl2N3O/c1-15(2)6-7-16-11(9(13)8-14-16)10(17)4-3-5-12/h8H,3-7H2,1-2H3. The summed E-state index contributed by atoms with van der Waals surface area (Å²) < 4.78 is 1.67. The Labute approximate surface area is 111 Å². The number of rotatable bonds is 7. The second-order valence-electron chi connectivity index (χ2n) is 4.08. The summed E-state index contributed by atoms with van der Waals surface area (Å²) in [5.74, 6) is 0.488. The van der Waals surface area contributed by atoms with E-state index in [1.165, 1.54) is 6.20 Å². The maximum atomic E-state index is 11.9. The number of carbonyl (C=O) groups excluding carboxylic acids is 1. The normalized spacial score (nSPS) is 11.1. The van der Waals surface area contributed by atoms with Gasteiger partial charge in [0.1, 0.15) is 5.69 Å². The molecule has 1 aromatic rings. The zero-order valence-electron chi connectivity index (χ0n) is 10.1. The van der Waals surface area contributed by atoms with E-state index in [0.29, 0.717) is 36.0 Å². The van der Waals surface area contributed by atoms with Gasteiger partial charge in [0.15, 0.2) is 5.78 Å². The fourth-order valence-electron chi connectivity index (χ4n) is 1.45. The summed E-state index contributed by atoms with van der Waals surface area (Å²) in [6.45, 7) is 1.47. The number of hydrogen-bond acceptors (Lipinski definition) is 3. The Bertz CT molecular complexity index is 377. The first kappa shape index (κ1) is 14.5. The van der Waals surface area contributed by atoms with Crippen molar-refractivity contribution < 1.29 is 4.79 Å². The second-order valence-corrected chi connectivity index (χ2v) is 4.87. The van der Waals surface area contributed by atoms with Crippen LogP contribution in [-0.4, -0.2) is 47.0 Å². The van der Waals surface area contributed by atoms with E-state index in [2.05, 4.69) is 5.10 Å². The van der Waals surface area contributed by atoms with Gasteiger partial charge in [-0.1, -0.05) is 11.6 Å². The quantitative estimate of drug-likeness (QED) is 0.567.